The van der Waals surface area contributed by atoms with Crippen molar-refractivity contribution in [3.05, 3.63) is 48.5 Å². The van der Waals surface area contributed by atoms with E-state index >= 15 is 0 Å². The third-order valence-electron chi connectivity index (χ3n) is 2.66. The molecule has 1 heterocycles. The van der Waals surface area contributed by atoms with Crippen molar-refractivity contribution >= 4 is 11.9 Å². The molecule has 0 amide bonds. The Balaban J connectivity index is 3.04. The van der Waals surface area contributed by atoms with Gasteiger partial charge in [0.25, 0.3) is 0 Å². The van der Waals surface area contributed by atoms with Crippen molar-refractivity contribution in [2.24, 2.45) is 0 Å². The van der Waals surface area contributed by atoms with E-state index in [1.807, 2.05) is 6.92 Å². The van der Waals surface area contributed by atoms with Crippen LogP contribution in [0.25, 0.3) is 0 Å². The van der Waals surface area contributed by atoms with Crippen LogP contribution >= 0.6 is 0 Å². The summed E-state index contributed by atoms with van der Waals surface area (Å²) in [4.78, 5) is 23.4. The van der Waals surface area contributed by atoms with Crippen molar-refractivity contribution in [3.63, 3.8) is 0 Å². The first-order valence-corrected chi connectivity index (χ1v) is 6.76. The molecule has 5 heteroatoms. The summed E-state index contributed by atoms with van der Waals surface area (Å²) in [6.07, 6.45) is 5.19. The summed E-state index contributed by atoms with van der Waals surface area (Å²) in [6.45, 7) is 11.0. The van der Waals surface area contributed by atoms with E-state index in [-0.39, 0.29) is 24.2 Å². The van der Waals surface area contributed by atoms with Crippen LogP contribution in [-0.4, -0.2) is 24.6 Å². The third kappa shape index (κ3) is 4.63. The summed E-state index contributed by atoms with van der Waals surface area (Å²) < 4.78 is 15.5. The van der Waals surface area contributed by atoms with Gasteiger partial charge in [-0.05, 0) is 20.3 Å². The summed E-state index contributed by atoms with van der Waals surface area (Å²) in [5.41, 5.74) is 0.499. The molecular formula is C16H20O5. The zero-order valence-electron chi connectivity index (χ0n) is 12.4. The summed E-state index contributed by atoms with van der Waals surface area (Å²) in [5.74, 6) is -0.917. The lowest BCUT2D eigenvalue weighted by Gasteiger charge is -2.12. The number of hydrogen-bond donors (Lipinski definition) is 0. The predicted molar refractivity (Wildman–Crippen MR) is 78.0 cm³/mol. The number of cyclic esters (lactones) is 1. The van der Waals surface area contributed by atoms with E-state index in [2.05, 4.69) is 13.2 Å². The van der Waals surface area contributed by atoms with Crippen molar-refractivity contribution in [1.82, 2.24) is 0 Å². The Morgan fingerprint density at radius 3 is 2.67 bits per heavy atom. The molecule has 21 heavy (non-hydrogen) atoms. The summed E-state index contributed by atoms with van der Waals surface area (Å²) >= 11 is 0. The number of hydrogen-bond acceptors (Lipinski definition) is 5. The molecule has 0 N–H and O–H groups in total. The molecular weight excluding hydrogens is 272 g/mol. The second-order valence-corrected chi connectivity index (χ2v) is 4.40. The zero-order valence-corrected chi connectivity index (χ0v) is 12.4. The standard InChI is InChI=1S/C16H20O5/c1-5-8-11(4)20-15-12(9-6-2)13(21-16(15)18)10-14(17)19-7-3/h5-6,10-11H,1-2,7-9H2,3-4H3/b13-10-. The minimum absolute atomic E-state index is 0.111. The van der Waals surface area contributed by atoms with Gasteiger partial charge in [0.15, 0.2) is 0 Å². The first-order valence-electron chi connectivity index (χ1n) is 6.76. The second-order valence-electron chi connectivity index (χ2n) is 4.40. The highest BCUT2D eigenvalue weighted by Crippen LogP contribution is 2.31. The van der Waals surface area contributed by atoms with Gasteiger partial charge in [0.1, 0.15) is 5.76 Å². The molecule has 1 atom stereocenters. The van der Waals surface area contributed by atoms with Gasteiger partial charge in [-0.3, -0.25) is 0 Å². The molecule has 0 radical (unpaired) electrons. The third-order valence-corrected chi connectivity index (χ3v) is 2.66. The van der Waals surface area contributed by atoms with Crippen LogP contribution in [0.1, 0.15) is 26.7 Å². The average molecular weight is 292 g/mol. The van der Waals surface area contributed by atoms with E-state index < -0.39 is 11.9 Å². The number of rotatable bonds is 8. The van der Waals surface area contributed by atoms with E-state index in [0.717, 1.165) is 6.08 Å². The molecule has 0 bridgehead atoms. The smallest absolute Gasteiger partial charge is 0.379 e. The van der Waals surface area contributed by atoms with Crippen LogP contribution in [0.5, 0.6) is 0 Å². The van der Waals surface area contributed by atoms with Gasteiger partial charge in [0.05, 0.1) is 18.8 Å². The Bertz CT molecular complexity index is 499. The predicted octanol–water partition coefficient (Wildman–Crippen LogP) is 2.80. The maximum Gasteiger partial charge on any atom is 0.379 e. The van der Waals surface area contributed by atoms with Gasteiger partial charge in [-0.25, -0.2) is 9.59 Å². The molecule has 0 aromatic heterocycles. The highest BCUT2D eigenvalue weighted by Gasteiger charge is 2.32. The first-order chi connectivity index (χ1) is 10.0. The van der Waals surface area contributed by atoms with Crippen LogP contribution in [0, 0.1) is 0 Å². The van der Waals surface area contributed by atoms with E-state index in [0.29, 0.717) is 18.4 Å². The molecule has 0 saturated carbocycles. The first kappa shape index (κ1) is 16.8. The molecule has 1 unspecified atom stereocenters. The second kappa shape index (κ2) is 8.09. The van der Waals surface area contributed by atoms with Gasteiger partial charge >= 0.3 is 11.9 Å². The fourth-order valence-electron chi connectivity index (χ4n) is 1.79. The Morgan fingerprint density at radius 1 is 1.38 bits per heavy atom. The highest BCUT2D eigenvalue weighted by molar-refractivity contribution is 5.94. The maximum atomic E-state index is 11.9. The highest BCUT2D eigenvalue weighted by atomic mass is 16.6. The van der Waals surface area contributed by atoms with Gasteiger partial charge in [-0.1, -0.05) is 12.2 Å². The lowest BCUT2D eigenvalue weighted by Crippen LogP contribution is -2.11. The molecule has 0 aromatic carbocycles. The van der Waals surface area contributed by atoms with Crippen molar-refractivity contribution in [1.29, 1.82) is 0 Å². The average Bonchev–Trinajstić information content (AvgIpc) is 2.68. The number of carbonyl (C=O) groups excluding carboxylic acids is 2. The maximum absolute atomic E-state index is 11.9. The number of esters is 2. The van der Waals surface area contributed by atoms with Crippen LogP contribution in [0.15, 0.2) is 48.5 Å². The SMILES string of the molecule is C=CCC1=C(OC(C)CC=C)C(=O)O/C1=C\C(=O)OCC. The molecule has 5 nitrogen and oxygen atoms in total. The summed E-state index contributed by atoms with van der Waals surface area (Å²) in [7, 11) is 0. The Morgan fingerprint density at radius 2 is 2.10 bits per heavy atom. The molecule has 0 saturated heterocycles. The minimum Gasteiger partial charge on any atom is -0.483 e. The van der Waals surface area contributed by atoms with Crippen LogP contribution in [0.4, 0.5) is 0 Å². The van der Waals surface area contributed by atoms with Gasteiger partial charge in [-0.15, -0.1) is 13.2 Å². The minimum atomic E-state index is -0.613. The topological polar surface area (TPSA) is 61.8 Å². The van der Waals surface area contributed by atoms with Crippen LogP contribution in [0.3, 0.4) is 0 Å². The molecule has 114 valence electrons. The van der Waals surface area contributed by atoms with Gasteiger partial charge in [0, 0.05) is 12.0 Å². The van der Waals surface area contributed by atoms with Crippen molar-refractivity contribution in [3.8, 4) is 0 Å². The Kier molecular flexibility index (Phi) is 6.46. The van der Waals surface area contributed by atoms with Crippen LogP contribution < -0.4 is 0 Å². The van der Waals surface area contributed by atoms with E-state index in [4.69, 9.17) is 14.2 Å². The fourth-order valence-corrected chi connectivity index (χ4v) is 1.79. The van der Waals surface area contributed by atoms with Gasteiger partial charge in [0.2, 0.25) is 5.76 Å². The molecule has 1 aliphatic heterocycles. The summed E-state index contributed by atoms with van der Waals surface area (Å²) in [6, 6.07) is 0. The molecule has 0 aliphatic carbocycles. The summed E-state index contributed by atoms with van der Waals surface area (Å²) in [5, 5.41) is 0. The number of carbonyl (C=O) groups is 2. The molecule has 1 aliphatic rings. The van der Waals surface area contributed by atoms with E-state index in [9.17, 15) is 9.59 Å². The van der Waals surface area contributed by atoms with Crippen LogP contribution in [-0.2, 0) is 23.8 Å². The van der Waals surface area contributed by atoms with Gasteiger partial charge in [-0.2, -0.15) is 0 Å². The quantitative estimate of drug-likeness (QED) is 0.391. The number of ether oxygens (including phenoxy) is 3. The lowest BCUT2D eigenvalue weighted by molar-refractivity contribution is -0.138. The Hall–Kier alpha value is -2.30. The van der Waals surface area contributed by atoms with E-state index in [1.54, 1.807) is 19.1 Å². The number of allylic oxidation sites excluding steroid dienone is 2. The van der Waals surface area contributed by atoms with Crippen LogP contribution in [0.2, 0.25) is 0 Å². The fraction of sp³-hybridized carbons (Fsp3) is 0.375. The largest absolute Gasteiger partial charge is 0.483 e. The normalized spacial score (nSPS) is 17.4. The van der Waals surface area contributed by atoms with Gasteiger partial charge < -0.3 is 14.2 Å². The monoisotopic (exact) mass is 292 g/mol. The van der Waals surface area contributed by atoms with Crippen molar-refractivity contribution in [2.45, 2.75) is 32.8 Å². The molecule has 0 fully saturated rings. The molecule has 0 aromatic rings. The Labute approximate surface area is 124 Å². The molecule has 0 spiro atoms. The molecule has 1 rings (SSSR count). The van der Waals surface area contributed by atoms with Crippen molar-refractivity contribution < 1.29 is 23.8 Å². The van der Waals surface area contributed by atoms with Crippen molar-refractivity contribution in [2.75, 3.05) is 6.61 Å². The van der Waals surface area contributed by atoms with E-state index in [1.165, 1.54) is 0 Å². The zero-order chi connectivity index (χ0) is 15.8. The lowest BCUT2D eigenvalue weighted by atomic mass is 10.1.